The quantitative estimate of drug-likeness (QED) is 0.126. The van der Waals surface area contributed by atoms with E-state index in [1.807, 2.05) is 11.3 Å². The van der Waals surface area contributed by atoms with Gasteiger partial charge in [0, 0.05) is 54.7 Å². The number of anilines is 9. The van der Waals surface area contributed by atoms with Crippen LogP contribution < -0.4 is 30.4 Å². The number of thiophene rings is 1. The molecule has 0 unspecified atom stereocenters. The number of rotatable bonds is 10. The zero-order chi connectivity index (χ0) is 52.3. The van der Waals surface area contributed by atoms with Crippen molar-refractivity contribution in [2.24, 2.45) is 0 Å². The van der Waals surface area contributed by atoms with Gasteiger partial charge in [0.15, 0.2) is 0 Å². The van der Waals surface area contributed by atoms with Gasteiger partial charge >= 0.3 is 0 Å². The number of hydrogen-bond donors (Lipinski definition) is 0. The second-order valence-corrected chi connectivity index (χ2v) is 27.1. The Morgan fingerprint density at radius 1 is 0.568 bits per heavy atom. The summed E-state index contributed by atoms with van der Waals surface area (Å²) in [5.74, 6) is 0. The summed E-state index contributed by atoms with van der Waals surface area (Å²) in [4.78, 5) is 7.86. The van der Waals surface area contributed by atoms with Gasteiger partial charge in [-0.25, -0.2) is 0 Å². The second-order valence-electron chi connectivity index (χ2n) is 26.0. The van der Waals surface area contributed by atoms with E-state index in [4.69, 9.17) is 0 Å². The van der Waals surface area contributed by atoms with E-state index in [9.17, 15) is 0 Å². The molecular weight excluding hydrogens is 914 g/mol. The van der Waals surface area contributed by atoms with Crippen LogP contribution in [0.3, 0.4) is 0 Å². The molecule has 74 heavy (non-hydrogen) atoms. The molecule has 3 heterocycles. The highest BCUT2D eigenvalue weighted by atomic mass is 32.1. The maximum atomic E-state index is 2.71. The molecule has 1 aromatic heterocycles. The number of fused-ring (bicyclic) bond motifs is 7. The number of unbranched alkanes of at least 4 members (excludes halogenated alkanes) is 1. The molecule has 7 aromatic carbocycles. The molecule has 5 heteroatoms. The summed E-state index contributed by atoms with van der Waals surface area (Å²) in [6.07, 6.45) is 6.89. The molecular formula is C69H78BN3S. The molecule has 11 rings (SSSR count). The Morgan fingerprint density at radius 2 is 1.14 bits per heavy atom. The number of aryl methyl sites for hydroxylation is 1. The van der Waals surface area contributed by atoms with Crippen LogP contribution >= 0.6 is 11.3 Å². The summed E-state index contributed by atoms with van der Waals surface area (Å²) in [6.45, 7) is 33.6. The Labute approximate surface area is 448 Å². The summed E-state index contributed by atoms with van der Waals surface area (Å²) >= 11 is 2.01. The predicted octanol–water partition coefficient (Wildman–Crippen LogP) is 18.4. The smallest absolute Gasteiger partial charge is 0.264 e. The maximum absolute atomic E-state index is 2.71. The molecule has 0 bridgehead atoms. The van der Waals surface area contributed by atoms with Gasteiger partial charge in [-0.15, -0.1) is 11.3 Å². The van der Waals surface area contributed by atoms with Crippen LogP contribution in [0.25, 0.3) is 10.1 Å². The van der Waals surface area contributed by atoms with E-state index < -0.39 is 0 Å². The Morgan fingerprint density at radius 3 is 1.72 bits per heavy atom. The number of hydrogen-bond acceptors (Lipinski definition) is 4. The fourth-order valence-corrected chi connectivity index (χ4v) is 14.1. The van der Waals surface area contributed by atoms with Crippen LogP contribution in [-0.4, -0.2) is 6.71 Å². The van der Waals surface area contributed by atoms with Gasteiger partial charge in [-0.05, 0) is 176 Å². The topological polar surface area (TPSA) is 9.72 Å². The minimum atomic E-state index is -0.0194. The van der Waals surface area contributed by atoms with Crippen LogP contribution in [-0.2, 0) is 33.5 Å². The van der Waals surface area contributed by atoms with Crippen LogP contribution in [0, 0.1) is 0 Å². The highest BCUT2D eigenvalue weighted by Crippen LogP contribution is 2.54. The van der Waals surface area contributed by atoms with Gasteiger partial charge in [0.2, 0.25) is 0 Å². The molecule has 2 aliphatic heterocycles. The average Bonchev–Trinajstić information content (AvgIpc) is 3.77. The zero-order valence-corrected chi connectivity index (χ0v) is 47.7. The molecule has 8 aromatic rings. The van der Waals surface area contributed by atoms with Crippen molar-refractivity contribution < 1.29 is 0 Å². The molecule has 3 aliphatic rings. The second kappa shape index (κ2) is 18.1. The van der Waals surface area contributed by atoms with E-state index in [-0.39, 0.29) is 33.8 Å². The maximum Gasteiger partial charge on any atom is 0.264 e. The van der Waals surface area contributed by atoms with Crippen molar-refractivity contribution in [3.05, 3.63) is 179 Å². The van der Waals surface area contributed by atoms with E-state index in [0.29, 0.717) is 0 Å². The van der Waals surface area contributed by atoms with E-state index in [0.717, 1.165) is 36.3 Å². The lowest BCUT2D eigenvalue weighted by atomic mass is 9.35. The summed E-state index contributed by atoms with van der Waals surface area (Å²) < 4.78 is 2.76. The molecule has 3 nitrogen and oxygen atoms in total. The van der Waals surface area contributed by atoms with Gasteiger partial charge in [-0.2, -0.15) is 0 Å². The van der Waals surface area contributed by atoms with E-state index in [1.54, 1.807) is 0 Å². The molecule has 0 N–H and O–H groups in total. The summed E-state index contributed by atoms with van der Waals surface area (Å²) in [7, 11) is 0. The van der Waals surface area contributed by atoms with Gasteiger partial charge in [0.05, 0.1) is 11.4 Å². The lowest BCUT2D eigenvalue weighted by Gasteiger charge is -2.47. The molecule has 0 spiro atoms. The van der Waals surface area contributed by atoms with Crippen LogP contribution in [0.1, 0.15) is 162 Å². The number of para-hydroxylation sites is 2. The largest absolute Gasteiger partial charge is 0.311 e. The number of nitrogens with zero attached hydrogens (tertiary/aromatic N) is 3. The minimum absolute atomic E-state index is 0.00169. The van der Waals surface area contributed by atoms with Crippen LogP contribution in [0.5, 0.6) is 0 Å². The van der Waals surface area contributed by atoms with Gasteiger partial charge in [0.1, 0.15) is 0 Å². The number of benzene rings is 7. The molecule has 0 fully saturated rings. The highest BCUT2D eigenvalue weighted by molar-refractivity contribution is 7.33. The molecule has 0 saturated carbocycles. The average molecular weight is 992 g/mol. The molecule has 378 valence electrons. The molecule has 0 amide bonds. The van der Waals surface area contributed by atoms with Crippen molar-refractivity contribution in [1.29, 1.82) is 0 Å². The monoisotopic (exact) mass is 992 g/mol. The van der Waals surface area contributed by atoms with Crippen LogP contribution in [0.15, 0.2) is 146 Å². The van der Waals surface area contributed by atoms with Gasteiger partial charge < -0.3 is 14.7 Å². The fraction of sp³-hybridized carbons (Fsp3) is 0.362. The molecule has 0 radical (unpaired) electrons. The zero-order valence-electron chi connectivity index (χ0n) is 46.9. The van der Waals surface area contributed by atoms with Crippen molar-refractivity contribution in [3.63, 3.8) is 0 Å². The Balaban J connectivity index is 1.31. The Bertz CT molecular complexity index is 3380. The van der Waals surface area contributed by atoms with E-state index >= 15 is 0 Å². The third-order valence-corrected chi connectivity index (χ3v) is 18.6. The van der Waals surface area contributed by atoms with Crippen molar-refractivity contribution in [3.8, 4) is 0 Å². The normalized spacial score (nSPS) is 15.7. The first-order valence-corrected chi connectivity index (χ1v) is 28.6. The predicted molar refractivity (Wildman–Crippen MR) is 325 cm³/mol. The fourth-order valence-electron chi connectivity index (χ4n) is 12.8. The van der Waals surface area contributed by atoms with Crippen LogP contribution in [0.2, 0.25) is 0 Å². The first-order chi connectivity index (χ1) is 35.1. The van der Waals surface area contributed by atoms with Crippen molar-refractivity contribution in [2.45, 2.75) is 163 Å². The first-order valence-electron chi connectivity index (χ1n) is 27.8. The summed E-state index contributed by atoms with van der Waals surface area (Å²) in [5.41, 5.74) is 22.4. The first kappa shape index (κ1) is 50.1. The standard InChI is InChI=1S/C69H78BN3S/c1-15-17-36-67(9,10)54-34-33-51(39-45(54)16-2)72-58-44-56-55(68(11,12)37-38-69(56,13)14)43-57(58)70-62-59(72)41-52(71(48-24-20-18-21-25-48)49-26-22-19-23-27-49)42-60(62)73(50-31-28-46(29-32-50)65(3,4)5)63-53-40-47(66(6,7)8)30-35-61(53)74-64(63)70/h18-35,39-44H,15-17,36-38H2,1-14H3. The van der Waals surface area contributed by atoms with Crippen molar-refractivity contribution in [2.75, 3.05) is 14.7 Å². The lowest BCUT2D eigenvalue weighted by molar-refractivity contribution is 0.332. The lowest BCUT2D eigenvalue weighted by Crippen LogP contribution is -2.61. The van der Waals surface area contributed by atoms with Gasteiger partial charge in [0.25, 0.3) is 6.71 Å². The highest BCUT2D eigenvalue weighted by Gasteiger charge is 2.48. The van der Waals surface area contributed by atoms with Crippen molar-refractivity contribution in [1.82, 2.24) is 0 Å². The third-order valence-electron chi connectivity index (χ3n) is 17.4. The van der Waals surface area contributed by atoms with Crippen LogP contribution in [0.4, 0.5) is 51.2 Å². The Hall–Kier alpha value is -6.04. The SMILES string of the molecule is CCCCC(C)(C)c1ccc(N2c3cc4c(cc3B3c5sc6ccc(C(C)(C)C)cc6c5N(c5ccc(C(C)(C)C)cc5)c5cc(N(c6ccccc6)c6ccccc6)cc2c53)C(C)(C)CCC4(C)C)cc1CC. The third kappa shape index (κ3) is 8.41. The molecule has 0 atom stereocenters. The molecule has 0 saturated heterocycles. The van der Waals surface area contributed by atoms with E-state index in [2.05, 4.69) is 257 Å². The minimum Gasteiger partial charge on any atom is -0.311 e. The van der Waals surface area contributed by atoms with Gasteiger partial charge in [-0.1, -0.05) is 177 Å². The Kier molecular flexibility index (Phi) is 12.2. The molecule has 1 aliphatic carbocycles. The summed E-state index contributed by atoms with van der Waals surface area (Å²) in [6, 6.07) is 56.9. The van der Waals surface area contributed by atoms with Gasteiger partial charge in [-0.3, -0.25) is 0 Å². The van der Waals surface area contributed by atoms with Crippen molar-refractivity contribution >= 4 is 95.0 Å². The summed E-state index contributed by atoms with van der Waals surface area (Å²) in [5, 5.41) is 1.33. The van der Waals surface area contributed by atoms with E-state index in [1.165, 1.54) is 113 Å².